The summed E-state index contributed by atoms with van der Waals surface area (Å²) in [7, 11) is 2.46. The number of hydrogen-bond donors (Lipinski definition) is 1. The van der Waals surface area contributed by atoms with Gasteiger partial charge in [0.25, 0.3) is 0 Å². The third-order valence-electron chi connectivity index (χ3n) is 6.34. The van der Waals surface area contributed by atoms with Gasteiger partial charge in [0.2, 0.25) is 0 Å². The van der Waals surface area contributed by atoms with E-state index in [-0.39, 0.29) is 24.6 Å². The van der Waals surface area contributed by atoms with Crippen LogP contribution in [-0.2, 0) is 23.6 Å². The second-order valence-electron chi connectivity index (χ2n) is 9.12. The van der Waals surface area contributed by atoms with Crippen LogP contribution >= 0.6 is 0 Å². The quantitative estimate of drug-likeness (QED) is 0.457. The minimum atomic E-state index is -5.02. The topological polar surface area (TPSA) is 61.9 Å². The van der Waals surface area contributed by atoms with E-state index in [0.717, 1.165) is 4.90 Å². The zero-order valence-electron chi connectivity index (χ0n) is 20.7. The summed E-state index contributed by atoms with van der Waals surface area (Å²) in [5, 5.41) is 2.67. The van der Waals surface area contributed by atoms with E-state index in [4.69, 9.17) is 0 Å². The summed E-state index contributed by atoms with van der Waals surface area (Å²) in [5.74, 6) is -0.494. The van der Waals surface area contributed by atoms with E-state index in [9.17, 15) is 40.3 Å². The molecule has 1 saturated heterocycles. The first-order valence-electron chi connectivity index (χ1n) is 11.5. The predicted octanol–water partition coefficient (Wildman–Crippen LogP) is 6.29. The van der Waals surface area contributed by atoms with E-state index >= 15 is 0 Å². The standard InChI is InChI=1S/C25H26F7N3O3/c1-14-8-18(26)4-5-20(14)21-12-19(33-22(36)38-3)6-7-35(21)23(37)34(2)13-15-9-16(24(27,28)29)11-17(10-15)25(30,31)32/h4-5,8-11,19,21H,6-7,12-13H2,1-3H3,(H,33,36)/t19-,21-/m1/s1. The molecule has 2 atom stereocenters. The third kappa shape index (κ3) is 6.87. The van der Waals surface area contributed by atoms with Crippen LogP contribution in [0.25, 0.3) is 0 Å². The minimum absolute atomic E-state index is 0.0255. The summed E-state index contributed by atoms with van der Waals surface area (Å²) in [6.45, 7) is 1.22. The van der Waals surface area contributed by atoms with Gasteiger partial charge in [-0.15, -0.1) is 0 Å². The molecule has 38 heavy (non-hydrogen) atoms. The van der Waals surface area contributed by atoms with Gasteiger partial charge in [-0.05, 0) is 66.8 Å². The molecule has 0 unspecified atom stereocenters. The van der Waals surface area contributed by atoms with Gasteiger partial charge in [-0.3, -0.25) is 0 Å². The summed E-state index contributed by atoms with van der Waals surface area (Å²) in [6, 6.07) is 3.46. The second-order valence-corrected chi connectivity index (χ2v) is 9.12. The summed E-state index contributed by atoms with van der Waals surface area (Å²) < 4.78 is 97.9. The molecule has 1 fully saturated rings. The van der Waals surface area contributed by atoms with E-state index in [1.54, 1.807) is 6.92 Å². The first-order valence-corrected chi connectivity index (χ1v) is 11.5. The average Bonchev–Trinajstić information content (AvgIpc) is 2.82. The number of halogens is 7. The molecule has 1 heterocycles. The van der Waals surface area contributed by atoms with Gasteiger partial charge in [0.15, 0.2) is 0 Å². The number of ether oxygens (including phenoxy) is 1. The maximum Gasteiger partial charge on any atom is 0.416 e. The van der Waals surface area contributed by atoms with Crippen LogP contribution in [0.5, 0.6) is 0 Å². The third-order valence-corrected chi connectivity index (χ3v) is 6.34. The number of alkyl halides is 6. The molecule has 1 aliphatic rings. The number of urea groups is 1. The number of benzene rings is 2. The van der Waals surface area contributed by atoms with Gasteiger partial charge in [0.1, 0.15) is 5.82 Å². The Balaban J connectivity index is 1.90. The number of aryl methyl sites for hydroxylation is 1. The number of alkyl carbamates (subject to hydrolysis) is 1. The normalized spacial score (nSPS) is 18.2. The van der Waals surface area contributed by atoms with Crippen LogP contribution in [-0.4, -0.2) is 48.7 Å². The molecule has 2 aromatic rings. The Morgan fingerprint density at radius 2 is 1.66 bits per heavy atom. The number of methoxy groups -OCH3 is 1. The lowest BCUT2D eigenvalue weighted by molar-refractivity contribution is -0.143. The lowest BCUT2D eigenvalue weighted by Gasteiger charge is -2.42. The Hall–Kier alpha value is -3.51. The molecule has 0 radical (unpaired) electrons. The number of nitrogens with zero attached hydrogens (tertiary/aromatic N) is 2. The molecule has 3 amide bonds. The molecule has 0 bridgehead atoms. The van der Waals surface area contributed by atoms with Crippen molar-refractivity contribution in [1.29, 1.82) is 0 Å². The fourth-order valence-electron chi connectivity index (χ4n) is 4.53. The number of piperidine rings is 1. The van der Waals surface area contributed by atoms with Gasteiger partial charge < -0.3 is 19.9 Å². The van der Waals surface area contributed by atoms with Crippen molar-refractivity contribution in [1.82, 2.24) is 15.1 Å². The molecule has 0 aromatic heterocycles. The molecule has 208 valence electrons. The smallest absolute Gasteiger partial charge is 0.416 e. The molecule has 6 nitrogen and oxygen atoms in total. The number of carbonyl (C=O) groups is 2. The summed E-state index contributed by atoms with van der Waals surface area (Å²) in [5.41, 5.74) is -2.18. The number of nitrogens with one attached hydrogen (secondary N) is 1. The maximum absolute atomic E-state index is 13.7. The Morgan fingerprint density at radius 1 is 1.05 bits per heavy atom. The maximum atomic E-state index is 13.7. The van der Waals surface area contributed by atoms with E-state index in [1.165, 1.54) is 37.3 Å². The molecule has 0 aliphatic carbocycles. The molecule has 1 N–H and O–H groups in total. The lowest BCUT2D eigenvalue weighted by atomic mass is 9.89. The molecule has 1 aliphatic heterocycles. The van der Waals surface area contributed by atoms with Crippen molar-refractivity contribution in [2.75, 3.05) is 20.7 Å². The fourth-order valence-corrected chi connectivity index (χ4v) is 4.53. The van der Waals surface area contributed by atoms with Gasteiger partial charge in [0.05, 0.1) is 24.3 Å². The van der Waals surface area contributed by atoms with Crippen molar-refractivity contribution in [3.8, 4) is 0 Å². The number of hydrogen-bond acceptors (Lipinski definition) is 3. The molecule has 0 spiro atoms. The number of amides is 3. The lowest BCUT2D eigenvalue weighted by Crippen LogP contribution is -2.51. The largest absolute Gasteiger partial charge is 0.453 e. The van der Waals surface area contributed by atoms with Gasteiger partial charge in [0, 0.05) is 26.2 Å². The molecule has 13 heteroatoms. The van der Waals surface area contributed by atoms with Crippen LogP contribution in [0.4, 0.5) is 40.3 Å². The van der Waals surface area contributed by atoms with Gasteiger partial charge in [-0.1, -0.05) is 6.07 Å². The van der Waals surface area contributed by atoms with Crippen molar-refractivity contribution in [2.45, 2.75) is 50.7 Å². The van der Waals surface area contributed by atoms with Crippen LogP contribution in [0.15, 0.2) is 36.4 Å². The van der Waals surface area contributed by atoms with Crippen molar-refractivity contribution in [3.63, 3.8) is 0 Å². The van der Waals surface area contributed by atoms with Crippen LogP contribution in [0.1, 0.15) is 46.7 Å². The highest BCUT2D eigenvalue weighted by Gasteiger charge is 2.38. The fraction of sp³-hybridized carbons (Fsp3) is 0.440. The molecular formula is C25H26F7N3O3. The van der Waals surface area contributed by atoms with E-state index in [2.05, 4.69) is 10.1 Å². The molecule has 2 aromatic carbocycles. The number of rotatable bonds is 4. The minimum Gasteiger partial charge on any atom is -0.453 e. The van der Waals surface area contributed by atoms with Gasteiger partial charge in [-0.25, -0.2) is 14.0 Å². The van der Waals surface area contributed by atoms with Crippen molar-refractivity contribution < 1.29 is 45.1 Å². The van der Waals surface area contributed by atoms with Crippen LogP contribution < -0.4 is 5.32 Å². The van der Waals surface area contributed by atoms with Gasteiger partial charge >= 0.3 is 24.5 Å². The summed E-state index contributed by atoms with van der Waals surface area (Å²) in [6.07, 6.45) is -10.2. The Kier molecular flexibility index (Phi) is 8.47. The zero-order chi connectivity index (χ0) is 28.4. The predicted molar refractivity (Wildman–Crippen MR) is 122 cm³/mol. The highest BCUT2D eigenvalue weighted by molar-refractivity contribution is 5.75. The molecular weight excluding hydrogens is 523 g/mol. The zero-order valence-corrected chi connectivity index (χ0v) is 20.7. The molecule has 0 saturated carbocycles. The Morgan fingerprint density at radius 3 is 2.18 bits per heavy atom. The number of likely N-dealkylation sites (tertiary alicyclic amines) is 1. The monoisotopic (exact) mass is 549 g/mol. The first kappa shape index (κ1) is 29.1. The van der Waals surface area contributed by atoms with Crippen molar-refractivity contribution in [3.05, 3.63) is 70.0 Å². The van der Waals surface area contributed by atoms with Crippen molar-refractivity contribution >= 4 is 12.1 Å². The highest BCUT2D eigenvalue weighted by Crippen LogP contribution is 2.37. The average molecular weight is 549 g/mol. The summed E-state index contributed by atoms with van der Waals surface area (Å²) >= 11 is 0. The van der Waals surface area contributed by atoms with Gasteiger partial charge in [-0.2, -0.15) is 26.3 Å². The molecule has 3 rings (SSSR count). The van der Waals surface area contributed by atoms with E-state index in [1.807, 2.05) is 0 Å². The Bertz CT molecular complexity index is 1150. The van der Waals surface area contributed by atoms with Crippen LogP contribution in [0, 0.1) is 12.7 Å². The highest BCUT2D eigenvalue weighted by atomic mass is 19.4. The van der Waals surface area contributed by atoms with E-state index < -0.39 is 60.0 Å². The SMILES string of the molecule is COC(=O)N[C@@H]1CCN(C(=O)N(C)Cc2cc(C(F)(F)F)cc(C(F)(F)F)c2)[C@@H](c2ccc(F)cc2C)C1. The summed E-state index contributed by atoms with van der Waals surface area (Å²) in [4.78, 5) is 27.6. The van der Waals surface area contributed by atoms with E-state index in [0.29, 0.717) is 29.7 Å². The first-order chi connectivity index (χ1) is 17.6. The second kappa shape index (κ2) is 11.1. The van der Waals surface area contributed by atoms with Crippen LogP contribution in [0.2, 0.25) is 0 Å². The van der Waals surface area contributed by atoms with Crippen molar-refractivity contribution in [2.24, 2.45) is 0 Å². The Labute approximate surface area is 214 Å². The number of carbonyl (C=O) groups excluding carboxylic acids is 2. The van der Waals surface area contributed by atoms with Crippen LogP contribution in [0.3, 0.4) is 0 Å².